The van der Waals surface area contributed by atoms with Crippen molar-refractivity contribution in [3.8, 4) is 5.75 Å². The van der Waals surface area contributed by atoms with Crippen molar-refractivity contribution in [1.82, 2.24) is 4.72 Å². The molecule has 1 aromatic rings. The standard InChI is InChI=1S/C31H40N2O4S/c1-3-10-27-23(4-2)12-9-17-31(27)21-33-20-26-14-13-24(26)11-7-5-6-8-18-38(35,36)32-30(34)25-15-16-29(37-22-31)28(33)19-25/h3-5,7,10,15-16,19,24,26H,2,6,8-9,11-14,17-18,20-22H2,1H3,(H,32,34)/b7-5+,10-3-. The summed E-state index contributed by atoms with van der Waals surface area (Å²) in [5.41, 5.74) is 3.63. The van der Waals surface area contributed by atoms with Gasteiger partial charge in [0.1, 0.15) is 5.75 Å². The minimum atomic E-state index is -3.70. The summed E-state index contributed by atoms with van der Waals surface area (Å²) in [6.45, 7) is 8.41. The van der Waals surface area contributed by atoms with Crippen LogP contribution in [0.1, 0.15) is 68.6 Å². The zero-order chi connectivity index (χ0) is 26.8. The monoisotopic (exact) mass is 536 g/mol. The number of hydrogen-bond acceptors (Lipinski definition) is 5. The molecule has 2 aliphatic carbocycles. The number of anilines is 1. The Kier molecular flexibility index (Phi) is 7.85. The van der Waals surface area contributed by atoms with Crippen LogP contribution < -0.4 is 14.4 Å². The number of sulfonamides is 1. The molecule has 2 bridgehead atoms. The third-order valence-electron chi connectivity index (χ3n) is 8.83. The first kappa shape index (κ1) is 26.8. The van der Waals surface area contributed by atoms with E-state index in [4.69, 9.17) is 4.74 Å². The predicted octanol–water partition coefficient (Wildman–Crippen LogP) is 5.94. The molecule has 4 aliphatic rings. The molecule has 1 spiro atoms. The Morgan fingerprint density at radius 3 is 2.79 bits per heavy atom. The quantitative estimate of drug-likeness (QED) is 0.474. The SMILES string of the molecule is C=CC1=C(/C=C\C)C2(CCC1)COc1ccc3cc1N(CC1CCC1C/C=C/CCCS(=O)(=O)NC3=O)C2. The molecule has 1 amide bonds. The molecule has 2 heterocycles. The lowest BCUT2D eigenvalue weighted by Crippen LogP contribution is -2.46. The number of carbonyl (C=O) groups excluding carboxylic acids is 1. The van der Waals surface area contributed by atoms with Crippen LogP contribution in [0.2, 0.25) is 0 Å². The summed E-state index contributed by atoms with van der Waals surface area (Å²) in [4.78, 5) is 15.5. The highest BCUT2D eigenvalue weighted by molar-refractivity contribution is 7.90. The summed E-state index contributed by atoms with van der Waals surface area (Å²) < 4.78 is 34.0. The van der Waals surface area contributed by atoms with Crippen LogP contribution in [-0.2, 0) is 10.0 Å². The highest BCUT2D eigenvalue weighted by atomic mass is 32.2. The maximum atomic E-state index is 13.0. The van der Waals surface area contributed by atoms with Crippen LogP contribution in [0.15, 0.2) is 66.3 Å². The van der Waals surface area contributed by atoms with Crippen molar-refractivity contribution in [1.29, 1.82) is 0 Å². The third kappa shape index (κ3) is 5.49. The molecule has 1 N–H and O–H groups in total. The largest absolute Gasteiger partial charge is 0.490 e. The lowest BCUT2D eigenvalue weighted by Gasteiger charge is -2.44. The molecule has 0 saturated heterocycles. The lowest BCUT2D eigenvalue weighted by molar-refractivity contribution is 0.0981. The Hall–Kier alpha value is -2.80. The van der Waals surface area contributed by atoms with Crippen LogP contribution in [0.25, 0.3) is 0 Å². The second kappa shape index (κ2) is 11.1. The van der Waals surface area contributed by atoms with E-state index < -0.39 is 15.9 Å². The molecule has 3 atom stereocenters. The van der Waals surface area contributed by atoms with Gasteiger partial charge in [0.15, 0.2) is 0 Å². The smallest absolute Gasteiger partial charge is 0.264 e. The number of nitrogens with one attached hydrogen (secondary N) is 1. The van der Waals surface area contributed by atoms with Gasteiger partial charge in [0.2, 0.25) is 10.0 Å². The zero-order valence-corrected chi connectivity index (χ0v) is 23.3. The Balaban J connectivity index is 1.57. The van der Waals surface area contributed by atoms with E-state index in [1.54, 1.807) is 6.07 Å². The van der Waals surface area contributed by atoms with E-state index in [9.17, 15) is 13.2 Å². The van der Waals surface area contributed by atoms with Crippen LogP contribution in [0.4, 0.5) is 5.69 Å². The summed E-state index contributed by atoms with van der Waals surface area (Å²) >= 11 is 0. The van der Waals surface area contributed by atoms with Crippen LogP contribution >= 0.6 is 0 Å². The molecule has 0 radical (unpaired) electrons. The summed E-state index contributed by atoms with van der Waals surface area (Å²) in [5.74, 6) is 1.30. The molecule has 204 valence electrons. The lowest BCUT2D eigenvalue weighted by atomic mass is 9.68. The molecule has 1 fully saturated rings. The van der Waals surface area contributed by atoms with Crippen molar-refractivity contribution in [2.24, 2.45) is 17.3 Å². The van der Waals surface area contributed by atoms with Gasteiger partial charge in [-0.05, 0) is 99.5 Å². The molecule has 3 unspecified atom stereocenters. The molecule has 2 aliphatic heterocycles. The molecule has 5 rings (SSSR count). The van der Waals surface area contributed by atoms with Crippen molar-refractivity contribution in [2.45, 2.75) is 58.3 Å². The number of allylic oxidation sites excluding steroid dienone is 6. The van der Waals surface area contributed by atoms with Crippen LogP contribution in [0, 0.1) is 17.3 Å². The van der Waals surface area contributed by atoms with Gasteiger partial charge >= 0.3 is 0 Å². The zero-order valence-electron chi connectivity index (χ0n) is 22.5. The number of benzene rings is 1. The third-order valence-corrected chi connectivity index (χ3v) is 10.1. The van der Waals surface area contributed by atoms with Crippen molar-refractivity contribution in [3.05, 3.63) is 71.9 Å². The maximum absolute atomic E-state index is 13.0. The molecule has 7 heteroatoms. The first-order chi connectivity index (χ1) is 18.3. The molecule has 1 saturated carbocycles. The average Bonchev–Trinajstić information content (AvgIpc) is 3.03. The van der Waals surface area contributed by atoms with E-state index in [2.05, 4.69) is 47.4 Å². The van der Waals surface area contributed by atoms with Crippen molar-refractivity contribution in [2.75, 3.05) is 30.3 Å². The molecule has 38 heavy (non-hydrogen) atoms. The van der Waals surface area contributed by atoms with Gasteiger partial charge in [0.25, 0.3) is 5.91 Å². The molecule has 1 aromatic carbocycles. The fraction of sp³-hybridized carbons (Fsp3) is 0.516. The van der Waals surface area contributed by atoms with Gasteiger partial charge in [0.05, 0.1) is 18.0 Å². The first-order valence-corrected chi connectivity index (χ1v) is 15.7. The van der Waals surface area contributed by atoms with Gasteiger partial charge in [-0.3, -0.25) is 4.79 Å². The highest BCUT2D eigenvalue weighted by Gasteiger charge is 2.43. The van der Waals surface area contributed by atoms with E-state index in [1.807, 2.05) is 18.2 Å². The number of fused-ring (bicyclic) bond motifs is 2. The average molecular weight is 537 g/mol. The fourth-order valence-electron chi connectivity index (χ4n) is 6.61. The summed E-state index contributed by atoms with van der Waals surface area (Å²) in [5, 5.41) is 0. The van der Waals surface area contributed by atoms with Gasteiger partial charge in [-0.2, -0.15) is 0 Å². The first-order valence-electron chi connectivity index (χ1n) is 14.0. The number of nitrogens with zero attached hydrogens (tertiary/aromatic N) is 1. The maximum Gasteiger partial charge on any atom is 0.264 e. The van der Waals surface area contributed by atoms with Crippen LogP contribution in [-0.4, -0.2) is 39.8 Å². The van der Waals surface area contributed by atoms with Gasteiger partial charge < -0.3 is 9.64 Å². The number of carbonyl (C=O) groups is 1. The Morgan fingerprint density at radius 1 is 1.18 bits per heavy atom. The molecule has 0 aromatic heterocycles. The number of hydrogen-bond donors (Lipinski definition) is 1. The van der Waals surface area contributed by atoms with Crippen molar-refractivity contribution >= 4 is 21.6 Å². The highest BCUT2D eigenvalue weighted by Crippen LogP contribution is 2.48. The van der Waals surface area contributed by atoms with E-state index in [0.717, 1.165) is 50.2 Å². The molecule has 6 nitrogen and oxygen atoms in total. The summed E-state index contributed by atoms with van der Waals surface area (Å²) in [6, 6.07) is 5.34. The Morgan fingerprint density at radius 2 is 2.03 bits per heavy atom. The van der Waals surface area contributed by atoms with E-state index in [-0.39, 0.29) is 11.2 Å². The normalized spacial score (nSPS) is 30.6. The molecular formula is C31H40N2O4S. The fourth-order valence-corrected chi connectivity index (χ4v) is 7.66. The van der Waals surface area contributed by atoms with E-state index >= 15 is 0 Å². The van der Waals surface area contributed by atoms with Crippen LogP contribution in [0.5, 0.6) is 5.75 Å². The molecular weight excluding hydrogens is 496 g/mol. The topological polar surface area (TPSA) is 75.7 Å². The van der Waals surface area contributed by atoms with Gasteiger partial charge in [0, 0.05) is 24.1 Å². The predicted molar refractivity (Wildman–Crippen MR) is 153 cm³/mol. The van der Waals surface area contributed by atoms with E-state index in [1.165, 1.54) is 24.0 Å². The summed E-state index contributed by atoms with van der Waals surface area (Å²) in [6.07, 6.45) is 18.4. The second-order valence-electron chi connectivity index (χ2n) is 11.3. The van der Waals surface area contributed by atoms with Crippen molar-refractivity contribution < 1.29 is 17.9 Å². The van der Waals surface area contributed by atoms with Gasteiger partial charge in [-0.15, -0.1) is 0 Å². The Labute approximate surface area is 227 Å². The van der Waals surface area contributed by atoms with Gasteiger partial charge in [-0.1, -0.05) is 37.0 Å². The van der Waals surface area contributed by atoms with Gasteiger partial charge in [-0.25, -0.2) is 13.1 Å². The van der Waals surface area contributed by atoms with Crippen LogP contribution in [0.3, 0.4) is 0 Å². The number of amides is 1. The number of rotatable bonds is 2. The van der Waals surface area contributed by atoms with E-state index in [0.29, 0.717) is 36.8 Å². The number of ether oxygens (including phenoxy) is 1. The Bertz CT molecular complexity index is 1280. The summed E-state index contributed by atoms with van der Waals surface area (Å²) in [7, 11) is -3.70. The minimum absolute atomic E-state index is 0.0659. The van der Waals surface area contributed by atoms with Crippen molar-refractivity contribution in [3.63, 3.8) is 0 Å². The minimum Gasteiger partial charge on any atom is -0.490 e. The second-order valence-corrected chi connectivity index (χ2v) is 13.2.